The molecule has 18 heavy (non-hydrogen) atoms. The summed E-state index contributed by atoms with van der Waals surface area (Å²) in [5, 5.41) is 1.10. The van der Waals surface area contributed by atoms with Crippen LogP contribution in [0.15, 0.2) is 30.5 Å². The number of carbonyl (C=O) groups is 1. The van der Waals surface area contributed by atoms with Crippen LogP contribution in [0, 0.1) is 0 Å². The number of hydrogen-bond donors (Lipinski definition) is 1. The Morgan fingerprint density at radius 3 is 2.78 bits per heavy atom. The molecule has 1 aromatic heterocycles. The summed E-state index contributed by atoms with van der Waals surface area (Å²) in [7, 11) is 0. The molecule has 1 aliphatic rings. The van der Waals surface area contributed by atoms with Crippen LogP contribution in [0.25, 0.3) is 10.9 Å². The minimum atomic E-state index is -0.342. The van der Waals surface area contributed by atoms with Gasteiger partial charge in [-0.15, -0.1) is 0 Å². The van der Waals surface area contributed by atoms with Gasteiger partial charge < -0.3 is 10.3 Å². The minimum absolute atomic E-state index is 0.342. The van der Waals surface area contributed by atoms with Crippen molar-refractivity contribution in [3.05, 3.63) is 36.0 Å². The summed E-state index contributed by atoms with van der Waals surface area (Å²) >= 11 is 2.01. The predicted octanol–water partition coefficient (Wildman–Crippen LogP) is 2.81. The predicted molar refractivity (Wildman–Crippen MR) is 76.1 cm³/mol. The van der Waals surface area contributed by atoms with Crippen molar-refractivity contribution in [3.8, 4) is 0 Å². The van der Waals surface area contributed by atoms with Gasteiger partial charge in [0.25, 0.3) is 5.91 Å². The molecule has 2 heterocycles. The van der Waals surface area contributed by atoms with Gasteiger partial charge in [0.15, 0.2) is 0 Å². The first kappa shape index (κ1) is 11.7. The Morgan fingerprint density at radius 2 is 2.06 bits per heavy atom. The molecule has 3 nitrogen and oxygen atoms in total. The van der Waals surface area contributed by atoms with Crippen LogP contribution in [-0.2, 0) is 0 Å². The average Bonchev–Trinajstić information content (AvgIpc) is 2.83. The molecule has 1 aromatic carbocycles. The van der Waals surface area contributed by atoms with Gasteiger partial charge in [0.2, 0.25) is 0 Å². The molecule has 0 atom stereocenters. The summed E-state index contributed by atoms with van der Waals surface area (Å²) in [4.78, 5) is 11.6. The maximum absolute atomic E-state index is 11.6. The average molecular weight is 260 g/mol. The highest BCUT2D eigenvalue weighted by atomic mass is 32.2. The van der Waals surface area contributed by atoms with Gasteiger partial charge in [-0.1, -0.05) is 12.1 Å². The van der Waals surface area contributed by atoms with Crippen LogP contribution in [-0.4, -0.2) is 22.0 Å². The van der Waals surface area contributed by atoms with Gasteiger partial charge in [0, 0.05) is 17.6 Å². The van der Waals surface area contributed by atoms with Crippen molar-refractivity contribution in [2.45, 2.75) is 18.9 Å². The number of fused-ring (bicyclic) bond motifs is 1. The Balaban J connectivity index is 2.14. The molecule has 1 fully saturated rings. The number of hydrogen-bond acceptors (Lipinski definition) is 2. The van der Waals surface area contributed by atoms with E-state index in [1.54, 1.807) is 0 Å². The fourth-order valence-corrected chi connectivity index (χ4v) is 3.77. The van der Waals surface area contributed by atoms with Crippen LogP contribution in [0.4, 0.5) is 0 Å². The standard InChI is InChI=1S/C14H16N2OS/c15-14(17)12-3-1-2-10-4-7-16(13(10)12)11-5-8-18-9-6-11/h1-4,7,11H,5-6,8-9H2,(H2,15,17). The zero-order chi connectivity index (χ0) is 12.5. The number of nitrogens with two attached hydrogens (primary N) is 1. The van der Waals surface area contributed by atoms with Crippen molar-refractivity contribution in [2.75, 3.05) is 11.5 Å². The molecule has 0 spiro atoms. The lowest BCUT2D eigenvalue weighted by atomic mass is 10.1. The van der Waals surface area contributed by atoms with E-state index in [1.807, 2.05) is 30.0 Å². The molecule has 0 bridgehead atoms. The molecule has 0 radical (unpaired) electrons. The van der Waals surface area contributed by atoms with Crippen LogP contribution >= 0.6 is 11.8 Å². The SMILES string of the molecule is NC(=O)c1cccc2ccn(C3CCSCC3)c12. The van der Waals surface area contributed by atoms with Gasteiger partial charge in [0.05, 0.1) is 11.1 Å². The van der Waals surface area contributed by atoms with Crippen LogP contribution in [0.2, 0.25) is 0 Å². The monoisotopic (exact) mass is 260 g/mol. The third-order valence-corrected chi connectivity index (χ3v) is 4.64. The van der Waals surface area contributed by atoms with Crippen molar-refractivity contribution < 1.29 is 4.79 Å². The number of amides is 1. The van der Waals surface area contributed by atoms with Gasteiger partial charge in [-0.05, 0) is 36.5 Å². The molecule has 0 saturated carbocycles. The normalized spacial score (nSPS) is 17.1. The van der Waals surface area contributed by atoms with E-state index < -0.39 is 0 Å². The lowest BCUT2D eigenvalue weighted by Gasteiger charge is -2.24. The number of aromatic nitrogens is 1. The number of para-hydroxylation sites is 1. The zero-order valence-corrected chi connectivity index (χ0v) is 11.0. The molecule has 1 saturated heterocycles. The first-order chi connectivity index (χ1) is 8.77. The first-order valence-electron chi connectivity index (χ1n) is 6.24. The highest BCUT2D eigenvalue weighted by Gasteiger charge is 2.19. The van der Waals surface area contributed by atoms with Crippen LogP contribution in [0.5, 0.6) is 0 Å². The van der Waals surface area contributed by atoms with E-state index in [0.29, 0.717) is 11.6 Å². The van der Waals surface area contributed by atoms with Gasteiger partial charge in [0.1, 0.15) is 0 Å². The van der Waals surface area contributed by atoms with E-state index in [4.69, 9.17) is 5.73 Å². The topological polar surface area (TPSA) is 48.0 Å². The third-order valence-electron chi connectivity index (χ3n) is 3.59. The zero-order valence-electron chi connectivity index (χ0n) is 10.1. The molecule has 1 amide bonds. The van der Waals surface area contributed by atoms with E-state index in [2.05, 4.69) is 16.8 Å². The second kappa shape index (κ2) is 4.69. The Bertz CT molecular complexity index is 584. The molecule has 0 aliphatic carbocycles. The first-order valence-corrected chi connectivity index (χ1v) is 7.40. The maximum atomic E-state index is 11.6. The number of rotatable bonds is 2. The Kier molecular flexibility index (Phi) is 3.04. The lowest BCUT2D eigenvalue weighted by molar-refractivity contribution is 0.100. The van der Waals surface area contributed by atoms with Crippen molar-refractivity contribution >= 4 is 28.6 Å². The van der Waals surface area contributed by atoms with E-state index in [9.17, 15) is 4.79 Å². The fraction of sp³-hybridized carbons (Fsp3) is 0.357. The molecule has 2 aromatic rings. The van der Waals surface area contributed by atoms with E-state index in [1.165, 1.54) is 24.3 Å². The second-order valence-corrected chi connectivity index (χ2v) is 5.90. The van der Waals surface area contributed by atoms with Crippen LogP contribution in [0.3, 0.4) is 0 Å². The Morgan fingerprint density at radius 1 is 1.28 bits per heavy atom. The third kappa shape index (κ3) is 1.90. The lowest BCUT2D eigenvalue weighted by Crippen LogP contribution is -2.17. The summed E-state index contributed by atoms with van der Waals surface area (Å²) in [6.07, 6.45) is 4.43. The maximum Gasteiger partial charge on any atom is 0.250 e. The second-order valence-electron chi connectivity index (χ2n) is 4.67. The summed E-state index contributed by atoms with van der Waals surface area (Å²) in [5.41, 5.74) is 7.12. The minimum Gasteiger partial charge on any atom is -0.366 e. The highest BCUT2D eigenvalue weighted by molar-refractivity contribution is 7.99. The Labute approximate surface area is 110 Å². The molecule has 0 unspecified atom stereocenters. The van der Waals surface area contributed by atoms with Crippen LogP contribution in [0.1, 0.15) is 29.2 Å². The summed E-state index contributed by atoms with van der Waals surface area (Å²) in [6, 6.07) is 8.32. The Hall–Kier alpha value is -1.42. The van der Waals surface area contributed by atoms with Gasteiger partial charge in [-0.2, -0.15) is 11.8 Å². The molecule has 4 heteroatoms. The molecular formula is C14H16N2OS. The smallest absolute Gasteiger partial charge is 0.250 e. The number of primary amides is 1. The fourth-order valence-electron chi connectivity index (χ4n) is 2.69. The molecule has 2 N–H and O–H groups in total. The molecule has 3 rings (SSSR count). The summed E-state index contributed by atoms with van der Waals surface area (Å²) < 4.78 is 2.25. The quantitative estimate of drug-likeness (QED) is 0.902. The molecule has 94 valence electrons. The molecule has 1 aliphatic heterocycles. The van der Waals surface area contributed by atoms with Crippen molar-refractivity contribution in [1.29, 1.82) is 0 Å². The molecular weight excluding hydrogens is 244 g/mol. The van der Waals surface area contributed by atoms with Gasteiger partial charge >= 0.3 is 0 Å². The summed E-state index contributed by atoms with van der Waals surface area (Å²) in [5.74, 6) is 2.05. The largest absolute Gasteiger partial charge is 0.366 e. The number of thioether (sulfide) groups is 1. The van der Waals surface area contributed by atoms with Gasteiger partial charge in [-0.3, -0.25) is 4.79 Å². The van der Waals surface area contributed by atoms with Crippen molar-refractivity contribution in [3.63, 3.8) is 0 Å². The highest BCUT2D eigenvalue weighted by Crippen LogP contribution is 2.31. The van der Waals surface area contributed by atoms with E-state index in [-0.39, 0.29) is 5.91 Å². The van der Waals surface area contributed by atoms with Crippen LogP contribution < -0.4 is 5.73 Å². The van der Waals surface area contributed by atoms with Crippen molar-refractivity contribution in [1.82, 2.24) is 4.57 Å². The number of nitrogens with zero attached hydrogens (tertiary/aromatic N) is 1. The van der Waals surface area contributed by atoms with Crippen molar-refractivity contribution in [2.24, 2.45) is 5.73 Å². The van der Waals surface area contributed by atoms with E-state index >= 15 is 0 Å². The van der Waals surface area contributed by atoms with Gasteiger partial charge in [-0.25, -0.2) is 0 Å². The number of carbonyl (C=O) groups excluding carboxylic acids is 1. The van der Waals surface area contributed by atoms with E-state index in [0.717, 1.165) is 10.9 Å². The number of benzene rings is 1. The summed E-state index contributed by atoms with van der Waals surface area (Å²) in [6.45, 7) is 0.